The van der Waals surface area contributed by atoms with Gasteiger partial charge >= 0.3 is 0 Å². The molecule has 1 saturated carbocycles. The molecule has 2 bridgehead atoms. The minimum atomic E-state index is -1.81. The number of fused-ring (bicyclic) bond motifs is 4. The van der Waals surface area contributed by atoms with E-state index in [1.54, 1.807) is 38.5 Å². The Kier molecular flexibility index (Phi) is 4.87. The van der Waals surface area contributed by atoms with Crippen molar-refractivity contribution in [3.05, 3.63) is 83.4 Å². The number of aliphatic hydroxyl groups is 1. The molecule has 0 amide bonds. The van der Waals surface area contributed by atoms with E-state index in [4.69, 9.17) is 18.9 Å². The van der Waals surface area contributed by atoms with Crippen LogP contribution in [0.25, 0.3) is 0 Å². The smallest absolute Gasteiger partial charge is 0.218 e. The summed E-state index contributed by atoms with van der Waals surface area (Å²) in [5, 5.41) is 12.2. The van der Waals surface area contributed by atoms with Crippen molar-refractivity contribution in [3.63, 3.8) is 0 Å². The molecule has 0 saturated heterocycles. The molecule has 0 aromatic heterocycles. The maximum absolute atomic E-state index is 14.3. The Balaban J connectivity index is 1.84. The molecule has 1 aliphatic heterocycles. The molecule has 2 aliphatic rings. The van der Waals surface area contributed by atoms with E-state index in [2.05, 4.69) is 0 Å². The zero-order valence-corrected chi connectivity index (χ0v) is 19.0. The largest absolute Gasteiger partial charge is 0.497 e. The molecule has 0 radical (unpaired) electrons. The molecule has 33 heavy (non-hydrogen) atoms. The third-order valence-corrected chi connectivity index (χ3v) is 7.11. The highest BCUT2D eigenvalue weighted by Crippen LogP contribution is 2.66. The van der Waals surface area contributed by atoms with Gasteiger partial charge in [-0.15, -0.1) is 0 Å². The second-order valence-electron chi connectivity index (χ2n) is 8.54. The molecule has 1 N–H and O–H groups in total. The SMILES string of the molecule is COc1ccc([C@@]23Oc4cc(OC)cc(OC)c4[C@@](O)(C2=O)C(C)C3c2ccccc2)cc1. The summed E-state index contributed by atoms with van der Waals surface area (Å²) in [6.07, 6.45) is 0. The number of Topliss-reactive ketones (excluding diaryl/α,β-unsaturated/α-hetero) is 1. The van der Waals surface area contributed by atoms with Gasteiger partial charge in [-0.1, -0.05) is 49.4 Å². The van der Waals surface area contributed by atoms with Gasteiger partial charge in [0.05, 0.1) is 26.9 Å². The van der Waals surface area contributed by atoms with Gasteiger partial charge in [0, 0.05) is 29.5 Å². The molecule has 2 unspecified atom stereocenters. The van der Waals surface area contributed by atoms with Crippen LogP contribution < -0.4 is 18.9 Å². The minimum Gasteiger partial charge on any atom is -0.497 e. The summed E-state index contributed by atoms with van der Waals surface area (Å²) < 4.78 is 23.0. The highest BCUT2D eigenvalue weighted by atomic mass is 16.5. The molecular formula is C27H26O6. The lowest BCUT2D eigenvalue weighted by atomic mass is 9.76. The highest BCUT2D eigenvalue weighted by Gasteiger charge is 2.73. The number of ketones is 1. The first kappa shape index (κ1) is 21.3. The molecule has 3 aromatic carbocycles. The number of rotatable bonds is 5. The number of hydrogen-bond donors (Lipinski definition) is 1. The second kappa shape index (κ2) is 7.52. The predicted molar refractivity (Wildman–Crippen MR) is 122 cm³/mol. The van der Waals surface area contributed by atoms with Crippen LogP contribution in [0.4, 0.5) is 0 Å². The van der Waals surface area contributed by atoms with Gasteiger partial charge in [0.2, 0.25) is 11.4 Å². The lowest BCUT2D eigenvalue weighted by molar-refractivity contribution is -0.152. The van der Waals surface area contributed by atoms with Gasteiger partial charge in [-0.25, -0.2) is 0 Å². The van der Waals surface area contributed by atoms with Gasteiger partial charge in [0.15, 0.2) is 5.60 Å². The van der Waals surface area contributed by atoms with Crippen molar-refractivity contribution in [1.82, 2.24) is 0 Å². The topological polar surface area (TPSA) is 74.2 Å². The number of ether oxygens (including phenoxy) is 4. The zero-order chi connectivity index (χ0) is 23.4. The van der Waals surface area contributed by atoms with Gasteiger partial charge in [0.1, 0.15) is 23.0 Å². The van der Waals surface area contributed by atoms with Crippen LogP contribution in [-0.4, -0.2) is 32.2 Å². The van der Waals surface area contributed by atoms with E-state index in [-0.39, 0.29) is 0 Å². The molecule has 6 nitrogen and oxygen atoms in total. The quantitative estimate of drug-likeness (QED) is 0.634. The third-order valence-electron chi connectivity index (χ3n) is 7.11. The average Bonchev–Trinajstić information content (AvgIpc) is 2.96. The summed E-state index contributed by atoms with van der Waals surface area (Å²) in [7, 11) is 4.64. The van der Waals surface area contributed by atoms with Gasteiger partial charge in [-0.3, -0.25) is 4.79 Å². The van der Waals surface area contributed by atoms with E-state index in [9.17, 15) is 9.90 Å². The molecular weight excluding hydrogens is 420 g/mol. The lowest BCUT2D eigenvalue weighted by Crippen LogP contribution is -2.51. The van der Waals surface area contributed by atoms with Crippen molar-refractivity contribution in [1.29, 1.82) is 0 Å². The van der Waals surface area contributed by atoms with E-state index < -0.39 is 28.8 Å². The normalized spacial score (nSPS) is 27.5. The van der Waals surface area contributed by atoms with Crippen LogP contribution in [0, 0.1) is 5.92 Å². The van der Waals surface area contributed by atoms with Crippen LogP contribution in [-0.2, 0) is 16.0 Å². The van der Waals surface area contributed by atoms with Crippen molar-refractivity contribution >= 4 is 5.78 Å². The molecule has 170 valence electrons. The summed E-state index contributed by atoms with van der Waals surface area (Å²) in [5.74, 6) is 0.540. The Morgan fingerprint density at radius 1 is 0.879 bits per heavy atom. The van der Waals surface area contributed by atoms with Crippen LogP contribution in [0.2, 0.25) is 0 Å². The molecule has 1 fully saturated rings. The third kappa shape index (κ3) is 2.74. The Morgan fingerprint density at radius 2 is 1.55 bits per heavy atom. The van der Waals surface area contributed by atoms with E-state index in [1.165, 1.54) is 7.11 Å². The zero-order valence-electron chi connectivity index (χ0n) is 19.0. The van der Waals surface area contributed by atoms with E-state index in [0.717, 1.165) is 5.56 Å². The highest BCUT2D eigenvalue weighted by molar-refractivity contribution is 6.03. The summed E-state index contributed by atoms with van der Waals surface area (Å²) in [6.45, 7) is 1.89. The second-order valence-corrected chi connectivity index (χ2v) is 8.54. The Bertz CT molecular complexity index is 1210. The lowest BCUT2D eigenvalue weighted by Gasteiger charge is -2.40. The van der Waals surface area contributed by atoms with Gasteiger partial charge < -0.3 is 24.1 Å². The van der Waals surface area contributed by atoms with Gasteiger partial charge in [-0.2, -0.15) is 0 Å². The average molecular weight is 446 g/mol. The fourth-order valence-corrected chi connectivity index (χ4v) is 5.54. The van der Waals surface area contributed by atoms with Crippen molar-refractivity contribution in [2.75, 3.05) is 21.3 Å². The first-order chi connectivity index (χ1) is 15.9. The van der Waals surface area contributed by atoms with Crippen LogP contribution in [0.15, 0.2) is 66.7 Å². The molecule has 0 spiro atoms. The van der Waals surface area contributed by atoms with Crippen LogP contribution in [0.5, 0.6) is 23.0 Å². The van der Waals surface area contributed by atoms with Crippen LogP contribution >= 0.6 is 0 Å². The predicted octanol–water partition coefficient (Wildman–Crippen LogP) is 4.19. The summed E-state index contributed by atoms with van der Waals surface area (Å²) in [6, 6.07) is 20.3. The van der Waals surface area contributed by atoms with E-state index in [0.29, 0.717) is 34.1 Å². The minimum absolute atomic E-state index is 0.339. The molecule has 1 aliphatic carbocycles. The van der Waals surface area contributed by atoms with E-state index in [1.807, 2.05) is 49.4 Å². The molecule has 1 heterocycles. The maximum Gasteiger partial charge on any atom is 0.218 e. The Morgan fingerprint density at radius 3 is 2.15 bits per heavy atom. The van der Waals surface area contributed by atoms with Crippen molar-refractivity contribution in [2.45, 2.75) is 24.0 Å². The standard InChI is InChI=1S/C27H26O6/c1-16-23(17-8-6-5-7-9-17)27(18-10-12-19(30-2)13-11-18)25(28)26(16,29)24-21(32-4)14-20(31-3)15-22(24)33-27/h5-16,23,29H,1-4H3/t16?,23?,26-,27+/m1/s1. The van der Waals surface area contributed by atoms with E-state index >= 15 is 0 Å². The van der Waals surface area contributed by atoms with Gasteiger partial charge in [0.25, 0.3) is 0 Å². The van der Waals surface area contributed by atoms with Crippen molar-refractivity contribution in [3.8, 4) is 23.0 Å². The fourth-order valence-electron chi connectivity index (χ4n) is 5.54. The number of benzene rings is 3. The molecule has 6 heteroatoms. The summed E-state index contributed by atoms with van der Waals surface area (Å²) in [4.78, 5) is 14.3. The number of carbonyl (C=O) groups is 1. The summed E-state index contributed by atoms with van der Waals surface area (Å²) >= 11 is 0. The fraction of sp³-hybridized carbons (Fsp3) is 0.296. The monoisotopic (exact) mass is 446 g/mol. The first-order valence-electron chi connectivity index (χ1n) is 10.8. The molecule has 5 rings (SSSR count). The van der Waals surface area contributed by atoms with Crippen molar-refractivity contribution < 1.29 is 28.8 Å². The Hall–Kier alpha value is -3.51. The van der Waals surface area contributed by atoms with Crippen molar-refractivity contribution in [2.24, 2.45) is 5.92 Å². The van der Waals surface area contributed by atoms with Gasteiger partial charge in [-0.05, 0) is 17.7 Å². The Labute approximate surface area is 192 Å². The number of hydrogen-bond acceptors (Lipinski definition) is 6. The number of carbonyl (C=O) groups excluding carboxylic acids is 1. The molecule has 3 aromatic rings. The first-order valence-corrected chi connectivity index (χ1v) is 10.8. The number of methoxy groups -OCH3 is 3. The summed E-state index contributed by atoms with van der Waals surface area (Å²) in [5.41, 5.74) is -1.36. The maximum atomic E-state index is 14.3. The molecule has 4 atom stereocenters. The van der Waals surface area contributed by atoms with Crippen LogP contribution in [0.3, 0.4) is 0 Å². The van der Waals surface area contributed by atoms with Crippen LogP contribution in [0.1, 0.15) is 29.5 Å².